The Morgan fingerprint density at radius 1 is 1.11 bits per heavy atom. The van der Waals surface area contributed by atoms with Crippen LogP contribution < -0.4 is 0 Å². The van der Waals surface area contributed by atoms with Crippen molar-refractivity contribution in [3.8, 4) is 0 Å². The molecule has 2 aromatic carbocycles. The van der Waals surface area contributed by atoms with Crippen molar-refractivity contribution in [2.45, 2.75) is 22.3 Å². The molecule has 0 radical (unpaired) electrons. The number of nitrogens with zero attached hydrogens (tertiary/aromatic N) is 1. The van der Waals surface area contributed by atoms with Crippen molar-refractivity contribution in [3.05, 3.63) is 70.2 Å². The second kappa shape index (κ2) is 7.54. The summed E-state index contributed by atoms with van der Waals surface area (Å²) in [6, 6.07) is 8.89. The van der Waals surface area contributed by atoms with Crippen molar-refractivity contribution in [2.75, 3.05) is 6.61 Å². The second-order valence-electron chi connectivity index (χ2n) is 6.36. The molecule has 1 heterocycles. The van der Waals surface area contributed by atoms with E-state index in [2.05, 4.69) is 0 Å². The quantitative estimate of drug-likeness (QED) is 0.409. The van der Waals surface area contributed by atoms with Gasteiger partial charge in [-0.15, -0.1) is 0 Å². The molecule has 3 atom stereocenters. The van der Waals surface area contributed by atoms with Crippen molar-refractivity contribution in [3.63, 3.8) is 0 Å². The third-order valence-electron chi connectivity index (χ3n) is 4.46. The van der Waals surface area contributed by atoms with Gasteiger partial charge in [0, 0.05) is 5.02 Å². The van der Waals surface area contributed by atoms with Crippen molar-refractivity contribution in [2.24, 2.45) is 0 Å². The number of halogens is 6. The smallest absolute Gasteiger partial charge is 0.253 e. The zero-order valence-electron chi connectivity index (χ0n) is 14.2. The summed E-state index contributed by atoms with van der Waals surface area (Å²) in [7, 11) is -4.38. The molecule has 3 rings (SSSR count). The van der Waals surface area contributed by atoms with Crippen LogP contribution in [0.2, 0.25) is 5.02 Å². The zero-order chi connectivity index (χ0) is 20.9. The van der Waals surface area contributed by atoms with E-state index in [9.17, 15) is 17.2 Å². The van der Waals surface area contributed by atoms with E-state index in [1.54, 1.807) is 31.2 Å². The maximum absolute atomic E-state index is 13.8. The molecule has 1 aliphatic heterocycles. The molecule has 1 fully saturated rings. The Balaban J connectivity index is 2.04. The van der Waals surface area contributed by atoms with E-state index in [0.29, 0.717) is 10.6 Å². The van der Waals surface area contributed by atoms with E-state index >= 15 is 0 Å². The molecule has 0 amide bonds. The van der Waals surface area contributed by atoms with E-state index in [4.69, 9.17) is 50.6 Å². The molecule has 11 heteroatoms. The van der Waals surface area contributed by atoms with Gasteiger partial charge in [-0.2, -0.15) is 12.7 Å². The Bertz CT molecular complexity index is 998. The van der Waals surface area contributed by atoms with Gasteiger partial charge in [0.15, 0.2) is 11.6 Å². The van der Waals surface area contributed by atoms with Crippen LogP contribution >= 0.6 is 46.4 Å². The van der Waals surface area contributed by atoms with Crippen LogP contribution in [0.25, 0.3) is 0 Å². The van der Waals surface area contributed by atoms with Crippen LogP contribution in [0.3, 0.4) is 0 Å². The highest BCUT2D eigenvalue weighted by Gasteiger charge is 2.67. The molecular formula is C17H13Cl4F2NO3S. The largest absolute Gasteiger partial charge is 0.340 e. The molecule has 0 N–H and O–H groups in total. The Labute approximate surface area is 181 Å². The topological polar surface area (TPSA) is 46.4 Å². The van der Waals surface area contributed by atoms with E-state index < -0.39 is 43.9 Å². The van der Waals surface area contributed by atoms with Gasteiger partial charge in [0.1, 0.15) is 6.61 Å². The van der Waals surface area contributed by atoms with Crippen molar-refractivity contribution in [1.29, 1.82) is 0 Å². The molecule has 28 heavy (non-hydrogen) atoms. The first-order valence-corrected chi connectivity index (χ1v) is 10.7. The van der Waals surface area contributed by atoms with Crippen LogP contribution in [0, 0.1) is 11.6 Å². The van der Waals surface area contributed by atoms with Crippen LogP contribution in [0.4, 0.5) is 8.78 Å². The summed E-state index contributed by atoms with van der Waals surface area (Å²) in [5.41, 5.74) is -0.417. The van der Waals surface area contributed by atoms with Crippen LogP contribution in [0.15, 0.2) is 42.5 Å². The molecule has 1 saturated heterocycles. The van der Waals surface area contributed by atoms with Gasteiger partial charge in [0.2, 0.25) is 3.79 Å². The average Bonchev–Trinajstić information content (AvgIpc) is 3.24. The summed E-state index contributed by atoms with van der Waals surface area (Å²) in [5.74, 6) is -2.14. The van der Waals surface area contributed by atoms with Crippen molar-refractivity contribution >= 4 is 56.7 Å². The summed E-state index contributed by atoms with van der Waals surface area (Å²) in [5, 5.41) is 0.459. The van der Waals surface area contributed by atoms with Gasteiger partial charge in [-0.05, 0) is 42.3 Å². The van der Waals surface area contributed by atoms with E-state index in [1.807, 2.05) is 0 Å². The molecule has 0 bridgehead atoms. The third-order valence-corrected chi connectivity index (χ3v) is 6.53. The molecule has 0 aromatic heterocycles. The Hall–Kier alpha value is -0.670. The lowest BCUT2D eigenvalue weighted by Gasteiger charge is -2.15. The highest BCUT2D eigenvalue weighted by atomic mass is 35.6. The van der Waals surface area contributed by atoms with Crippen LogP contribution in [-0.2, 0) is 20.0 Å². The summed E-state index contributed by atoms with van der Waals surface area (Å²) >= 11 is 22.6. The Morgan fingerprint density at radius 3 is 2.25 bits per heavy atom. The first-order valence-electron chi connectivity index (χ1n) is 7.83. The fraction of sp³-hybridized carbons (Fsp3) is 0.294. The number of hydrogen-bond donors (Lipinski definition) is 0. The van der Waals surface area contributed by atoms with Gasteiger partial charge >= 0.3 is 10.3 Å². The highest BCUT2D eigenvalue weighted by molar-refractivity contribution is 7.84. The lowest BCUT2D eigenvalue weighted by Crippen LogP contribution is -2.26. The number of hydrogen-bond acceptors (Lipinski definition) is 3. The summed E-state index contributed by atoms with van der Waals surface area (Å²) in [6.45, 7) is 0.854. The maximum Gasteiger partial charge on any atom is 0.340 e. The Morgan fingerprint density at radius 2 is 1.71 bits per heavy atom. The van der Waals surface area contributed by atoms with Gasteiger partial charge in [-0.25, -0.2) is 8.78 Å². The predicted octanol–water partition coefficient (Wildman–Crippen LogP) is 5.52. The van der Waals surface area contributed by atoms with Gasteiger partial charge in [-0.3, -0.25) is 4.18 Å². The second-order valence-corrected chi connectivity index (χ2v) is 10.8. The van der Waals surface area contributed by atoms with Crippen LogP contribution in [0.5, 0.6) is 0 Å². The Kier molecular flexibility index (Phi) is 5.93. The first-order chi connectivity index (χ1) is 12.9. The monoisotopic (exact) mass is 489 g/mol. The molecule has 0 aliphatic carbocycles. The fourth-order valence-corrected chi connectivity index (χ4v) is 5.25. The lowest BCUT2D eigenvalue weighted by atomic mass is 9.93. The van der Waals surface area contributed by atoms with Gasteiger partial charge in [0.25, 0.3) is 0 Å². The fourth-order valence-electron chi connectivity index (χ4n) is 3.12. The van der Waals surface area contributed by atoms with Gasteiger partial charge in [-0.1, -0.05) is 64.6 Å². The van der Waals surface area contributed by atoms with E-state index in [-0.39, 0.29) is 5.56 Å². The zero-order valence-corrected chi connectivity index (χ0v) is 18.0. The first kappa shape index (κ1) is 22.0. The summed E-state index contributed by atoms with van der Waals surface area (Å²) in [6.07, 6.45) is 0. The molecule has 1 aliphatic rings. The molecule has 152 valence electrons. The minimum Gasteiger partial charge on any atom is -0.253 e. The van der Waals surface area contributed by atoms with Crippen LogP contribution in [-0.4, -0.2) is 23.1 Å². The van der Waals surface area contributed by atoms with Crippen molar-refractivity contribution in [1.82, 2.24) is 4.31 Å². The standard InChI is InChI=1S/C17H13Cl4F2NO3S/c1-16(11-4-7-13(22)14(23)8-11)15(10-2-5-12(18)6-3-10)24(16)28(25,26)27-9-17(19,20)21/h2-8,15H,9H2,1H3. The number of benzene rings is 2. The lowest BCUT2D eigenvalue weighted by molar-refractivity contribution is 0.298. The minimum absolute atomic E-state index is 0.243. The van der Waals surface area contributed by atoms with Crippen molar-refractivity contribution < 1.29 is 21.4 Å². The minimum atomic E-state index is -4.38. The molecule has 0 saturated carbocycles. The normalized spacial score (nSPS) is 25.0. The van der Waals surface area contributed by atoms with E-state index in [0.717, 1.165) is 16.4 Å². The molecule has 4 nitrogen and oxygen atoms in total. The number of rotatable bonds is 5. The SMILES string of the molecule is CC1(c2ccc(F)c(F)c2)C(c2ccc(Cl)cc2)N1S(=O)(=O)OCC(Cl)(Cl)Cl. The molecular weight excluding hydrogens is 478 g/mol. The highest BCUT2D eigenvalue weighted by Crippen LogP contribution is 2.62. The third kappa shape index (κ3) is 4.26. The summed E-state index contributed by atoms with van der Waals surface area (Å²) in [4.78, 5) is 0. The predicted molar refractivity (Wildman–Crippen MR) is 105 cm³/mol. The maximum atomic E-state index is 13.8. The van der Waals surface area contributed by atoms with E-state index in [1.165, 1.54) is 6.07 Å². The molecule has 0 spiro atoms. The van der Waals surface area contributed by atoms with Gasteiger partial charge in [0.05, 0.1) is 11.6 Å². The van der Waals surface area contributed by atoms with Gasteiger partial charge < -0.3 is 0 Å². The average molecular weight is 491 g/mol. The molecule has 2 aromatic rings. The van der Waals surface area contributed by atoms with Crippen LogP contribution in [0.1, 0.15) is 24.1 Å². The summed E-state index contributed by atoms with van der Waals surface area (Å²) < 4.78 is 56.6. The number of alkyl halides is 3. The molecule has 3 unspecified atom stereocenters.